The highest BCUT2D eigenvalue weighted by molar-refractivity contribution is 7.95. The third-order valence-electron chi connectivity index (χ3n) is 2.26. The van der Waals surface area contributed by atoms with Crippen molar-refractivity contribution in [1.82, 2.24) is 0 Å². The minimum absolute atomic E-state index is 0.227. The molecule has 0 saturated carbocycles. The molecule has 0 amide bonds. The summed E-state index contributed by atoms with van der Waals surface area (Å²) in [6.07, 6.45) is 5.10. The summed E-state index contributed by atoms with van der Waals surface area (Å²) < 4.78 is 9.93. The van der Waals surface area contributed by atoms with Crippen LogP contribution in [0.4, 0.5) is 0 Å². The van der Waals surface area contributed by atoms with Gasteiger partial charge in [0, 0.05) is 18.6 Å². The zero-order valence-electron chi connectivity index (χ0n) is 11.4. The average molecular weight is 276 g/mol. The zero-order chi connectivity index (χ0) is 13.6. The second-order valence-corrected chi connectivity index (χ2v) is 4.87. The standard InChI is InChI=1S/C13H24O4S/c1-3-5-10-16-12(14)8-7-9-13(15)17-18-11-6-4-2/h3-11H2,1-2H3. The molecule has 0 saturated heterocycles. The maximum Gasteiger partial charge on any atom is 0.317 e. The maximum atomic E-state index is 11.3. The molecule has 0 aliphatic heterocycles. The molecule has 0 aromatic carbocycles. The lowest BCUT2D eigenvalue weighted by Crippen LogP contribution is -2.07. The fraction of sp³-hybridized carbons (Fsp3) is 0.846. The van der Waals surface area contributed by atoms with Gasteiger partial charge in [0.05, 0.1) is 18.6 Å². The summed E-state index contributed by atoms with van der Waals surface area (Å²) in [4.78, 5) is 22.5. The summed E-state index contributed by atoms with van der Waals surface area (Å²) in [5.74, 6) is 0.355. The van der Waals surface area contributed by atoms with E-state index in [1.54, 1.807) is 0 Å². The fourth-order valence-corrected chi connectivity index (χ4v) is 1.84. The van der Waals surface area contributed by atoms with Gasteiger partial charge < -0.3 is 8.92 Å². The van der Waals surface area contributed by atoms with Gasteiger partial charge in [-0.25, -0.2) is 0 Å². The Hall–Kier alpha value is -0.710. The molecule has 0 atom stereocenters. The Morgan fingerprint density at radius 3 is 2.28 bits per heavy atom. The van der Waals surface area contributed by atoms with Gasteiger partial charge in [-0.1, -0.05) is 26.7 Å². The van der Waals surface area contributed by atoms with Crippen LogP contribution in [-0.4, -0.2) is 24.3 Å². The lowest BCUT2D eigenvalue weighted by molar-refractivity contribution is -0.144. The molecular formula is C13H24O4S. The second kappa shape index (κ2) is 12.7. The number of hydrogen-bond donors (Lipinski definition) is 0. The number of carbonyl (C=O) groups is 2. The molecule has 18 heavy (non-hydrogen) atoms. The molecular weight excluding hydrogens is 252 g/mol. The molecule has 4 nitrogen and oxygen atoms in total. The van der Waals surface area contributed by atoms with E-state index in [0.717, 1.165) is 31.4 Å². The van der Waals surface area contributed by atoms with Crippen molar-refractivity contribution in [3.05, 3.63) is 0 Å². The SMILES string of the molecule is CCCCOC(=O)CCCC(=O)OSCCCC. The summed E-state index contributed by atoms with van der Waals surface area (Å²) in [6, 6.07) is 0. The third-order valence-corrected chi connectivity index (χ3v) is 3.01. The molecule has 0 fully saturated rings. The molecule has 0 spiro atoms. The number of rotatable bonds is 11. The van der Waals surface area contributed by atoms with Crippen molar-refractivity contribution in [1.29, 1.82) is 0 Å². The van der Waals surface area contributed by atoms with Crippen LogP contribution in [0, 0.1) is 0 Å². The first-order valence-electron chi connectivity index (χ1n) is 6.68. The highest BCUT2D eigenvalue weighted by Gasteiger charge is 2.07. The summed E-state index contributed by atoms with van der Waals surface area (Å²) in [5.41, 5.74) is 0. The molecule has 5 heteroatoms. The predicted octanol–water partition coefficient (Wildman–Crippen LogP) is 3.49. The van der Waals surface area contributed by atoms with Gasteiger partial charge in [-0.3, -0.25) is 9.59 Å². The van der Waals surface area contributed by atoms with Crippen molar-refractivity contribution < 1.29 is 18.5 Å². The summed E-state index contributed by atoms with van der Waals surface area (Å²) in [6.45, 7) is 4.61. The van der Waals surface area contributed by atoms with Crippen LogP contribution in [-0.2, 0) is 18.5 Å². The second-order valence-electron chi connectivity index (χ2n) is 4.06. The van der Waals surface area contributed by atoms with Gasteiger partial charge in [-0.15, -0.1) is 0 Å². The van der Waals surface area contributed by atoms with Crippen molar-refractivity contribution in [2.45, 2.75) is 58.8 Å². The Labute approximate surface area is 114 Å². The molecule has 0 bridgehead atoms. The first-order valence-corrected chi connectivity index (χ1v) is 7.59. The molecule has 0 unspecified atom stereocenters. The fourth-order valence-electron chi connectivity index (χ4n) is 1.13. The van der Waals surface area contributed by atoms with Gasteiger partial charge in [0.25, 0.3) is 0 Å². The topological polar surface area (TPSA) is 52.6 Å². The van der Waals surface area contributed by atoms with Crippen molar-refractivity contribution >= 4 is 24.0 Å². The van der Waals surface area contributed by atoms with E-state index in [9.17, 15) is 9.59 Å². The minimum atomic E-state index is -0.252. The van der Waals surface area contributed by atoms with E-state index in [2.05, 4.69) is 6.92 Å². The summed E-state index contributed by atoms with van der Waals surface area (Å²) in [5, 5.41) is 0. The first kappa shape index (κ1) is 17.3. The highest BCUT2D eigenvalue weighted by Crippen LogP contribution is 2.09. The van der Waals surface area contributed by atoms with Gasteiger partial charge in [-0.2, -0.15) is 0 Å². The van der Waals surface area contributed by atoms with Gasteiger partial charge in [-0.05, 0) is 19.3 Å². The monoisotopic (exact) mass is 276 g/mol. The van der Waals surface area contributed by atoms with Gasteiger partial charge in [0.15, 0.2) is 0 Å². The third kappa shape index (κ3) is 11.8. The van der Waals surface area contributed by atoms with Crippen molar-refractivity contribution in [3.63, 3.8) is 0 Å². The van der Waals surface area contributed by atoms with Gasteiger partial charge in [0.2, 0.25) is 0 Å². The van der Waals surface area contributed by atoms with E-state index >= 15 is 0 Å². The van der Waals surface area contributed by atoms with Crippen LogP contribution in [0.2, 0.25) is 0 Å². The van der Waals surface area contributed by atoms with Crippen LogP contribution in [0.15, 0.2) is 0 Å². The van der Waals surface area contributed by atoms with Gasteiger partial charge in [0.1, 0.15) is 0 Å². The zero-order valence-corrected chi connectivity index (χ0v) is 12.2. The predicted molar refractivity (Wildman–Crippen MR) is 73.2 cm³/mol. The van der Waals surface area contributed by atoms with Crippen LogP contribution in [0.25, 0.3) is 0 Å². The largest absolute Gasteiger partial charge is 0.466 e. The lowest BCUT2D eigenvalue weighted by atomic mass is 10.2. The molecule has 0 aromatic heterocycles. The van der Waals surface area contributed by atoms with Crippen LogP contribution in [0.5, 0.6) is 0 Å². The summed E-state index contributed by atoms with van der Waals surface area (Å²) >= 11 is 1.20. The van der Waals surface area contributed by atoms with E-state index in [1.165, 1.54) is 12.0 Å². The van der Waals surface area contributed by atoms with Crippen molar-refractivity contribution in [3.8, 4) is 0 Å². The van der Waals surface area contributed by atoms with Gasteiger partial charge >= 0.3 is 11.9 Å². The van der Waals surface area contributed by atoms with E-state index in [4.69, 9.17) is 8.92 Å². The molecule has 0 radical (unpaired) electrons. The number of ether oxygens (including phenoxy) is 1. The minimum Gasteiger partial charge on any atom is -0.466 e. The average Bonchev–Trinajstić information content (AvgIpc) is 2.35. The molecule has 0 aliphatic carbocycles. The molecule has 0 heterocycles. The first-order chi connectivity index (χ1) is 8.70. The van der Waals surface area contributed by atoms with Crippen LogP contribution in [0.3, 0.4) is 0 Å². The molecule has 0 N–H and O–H groups in total. The molecule has 0 aliphatic rings. The Kier molecular flexibility index (Phi) is 12.2. The Bertz CT molecular complexity index is 231. The van der Waals surface area contributed by atoms with E-state index in [1.807, 2.05) is 6.92 Å². The lowest BCUT2D eigenvalue weighted by Gasteiger charge is -2.04. The molecule has 0 rings (SSSR count). The highest BCUT2D eigenvalue weighted by atomic mass is 32.2. The Morgan fingerprint density at radius 2 is 1.61 bits per heavy atom. The van der Waals surface area contributed by atoms with E-state index in [0.29, 0.717) is 19.4 Å². The molecule has 106 valence electrons. The Balaban J connectivity index is 3.35. The Morgan fingerprint density at radius 1 is 0.944 bits per heavy atom. The van der Waals surface area contributed by atoms with Crippen molar-refractivity contribution in [2.75, 3.05) is 12.4 Å². The van der Waals surface area contributed by atoms with Crippen LogP contribution < -0.4 is 0 Å². The van der Waals surface area contributed by atoms with Crippen LogP contribution >= 0.6 is 12.0 Å². The quantitative estimate of drug-likeness (QED) is 0.328. The van der Waals surface area contributed by atoms with E-state index < -0.39 is 0 Å². The number of hydrogen-bond acceptors (Lipinski definition) is 5. The normalized spacial score (nSPS) is 10.1. The van der Waals surface area contributed by atoms with E-state index in [-0.39, 0.29) is 18.4 Å². The van der Waals surface area contributed by atoms with Crippen molar-refractivity contribution in [2.24, 2.45) is 0 Å². The summed E-state index contributed by atoms with van der Waals surface area (Å²) in [7, 11) is 0. The smallest absolute Gasteiger partial charge is 0.317 e. The van der Waals surface area contributed by atoms with Crippen LogP contribution in [0.1, 0.15) is 58.8 Å². The number of carbonyl (C=O) groups excluding carboxylic acids is 2. The number of esters is 1. The number of unbranched alkanes of at least 4 members (excludes halogenated alkanes) is 2. The molecule has 0 aromatic rings. The maximum absolute atomic E-state index is 11.3.